The zero-order chi connectivity index (χ0) is 17.8. The normalized spacial score (nSPS) is 15.5. The van der Waals surface area contributed by atoms with Crippen molar-refractivity contribution >= 4 is 29.7 Å². The lowest BCUT2D eigenvalue weighted by atomic mass is 9.87. The number of carbonyl (C=O) groups excluding carboxylic acids is 1. The lowest BCUT2D eigenvalue weighted by Crippen LogP contribution is -2.31. The van der Waals surface area contributed by atoms with Gasteiger partial charge in [-0.1, -0.05) is 18.2 Å². The first kappa shape index (κ1) is 19.7. The van der Waals surface area contributed by atoms with Crippen molar-refractivity contribution in [1.82, 2.24) is 5.32 Å². The minimum absolute atomic E-state index is 0. The number of benzene rings is 2. The molecule has 0 heterocycles. The van der Waals surface area contributed by atoms with Crippen LogP contribution in [0, 0.1) is 10.1 Å². The van der Waals surface area contributed by atoms with Gasteiger partial charge in [0, 0.05) is 24.2 Å². The van der Waals surface area contributed by atoms with E-state index in [-0.39, 0.29) is 30.0 Å². The number of hydrogen-bond acceptors (Lipinski definition) is 4. The molecular weight excluding hydrogens is 354 g/mol. The largest absolute Gasteiger partial charge is 0.399 e. The van der Waals surface area contributed by atoms with Crippen LogP contribution in [-0.2, 0) is 17.6 Å². The van der Waals surface area contributed by atoms with Crippen LogP contribution >= 0.6 is 12.4 Å². The Kier molecular flexibility index (Phi) is 6.58. The first-order valence-corrected chi connectivity index (χ1v) is 8.44. The molecule has 3 rings (SSSR count). The monoisotopic (exact) mass is 375 g/mol. The van der Waals surface area contributed by atoms with Gasteiger partial charge >= 0.3 is 0 Å². The van der Waals surface area contributed by atoms with Gasteiger partial charge in [-0.25, -0.2) is 0 Å². The summed E-state index contributed by atoms with van der Waals surface area (Å²) in [7, 11) is 0. The fourth-order valence-electron chi connectivity index (χ4n) is 3.33. The molecule has 1 atom stereocenters. The molecule has 2 aromatic rings. The third kappa shape index (κ3) is 4.73. The number of nitro benzene ring substituents is 1. The number of hydrogen-bond donors (Lipinski definition) is 2. The molecule has 0 fully saturated rings. The van der Waals surface area contributed by atoms with Crippen LogP contribution in [0.3, 0.4) is 0 Å². The lowest BCUT2D eigenvalue weighted by molar-refractivity contribution is -0.384. The van der Waals surface area contributed by atoms with Gasteiger partial charge < -0.3 is 11.1 Å². The Hall–Kier alpha value is -2.60. The highest BCUT2D eigenvalue weighted by Gasteiger charge is 2.21. The number of non-ortho nitro benzene ring substituents is 1. The minimum atomic E-state index is -0.422. The molecule has 1 unspecified atom stereocenters. The molecule has 0 spiro atoms. The molecule has 1 amide bonds. The third-order valence-electron chi connectivity index (χ3n) is 4.58. The number of carbonyl (C=O) groups is 1. The summed E-state index contributed by atoms with van der Waals surface area (Å²) in [6.45, 7) is 0. The van der Waals surface area contributed by atoms with Gasteiger partial charge in [0.05, 0.1) is 11.0 Å². The summed E-state index contributed by atoms with van der Waals surface area (Å²) in [6.07, 6.45) is 3.71. The number of halogens is 1. The molecule has 1 aliphatic rings. The standard InChI is InChI=1S/C19H21N3O3.ClH/c20-15-8-9-17-14(12-15)4-2-6-18(17)21-19(23)10-7-13-3-1-5-16(11-13)22(24)25;/h1,3,5,8-9,11-12,18H,2,4,6-7,10,20H2,(H,21,23);1H. The van der Waals surface area contributed by atoms with Gasteiger partial charge in [-0.3, -0.25) is 14.9 Å². The fraction of sp³-hybridized carbons (Fsp3) is 0.316. The van der Waals surface area contributed by atoms with Crippen molar-refractivity contribution in [3.63, 3.8) is 0 Å². The Morgan fingerprint density at radius 1 is 1.27 bits per heavy atom. The van der Waals surface area contributed by atoms with E-state index >= 15 is 0 Å². The lowest BCUT2D eigenvalue weighted by Gasteiger charge is -2.26. The number of rotatable bonds is 5. The number of aryl methyl sites for hydroxylation is 2. The van der Waals surface area contributed by atoms with Crippen molar-refractivity contribution in [1.29, 1.82) is 0 Å². The van der Waals surface area contributed by atoms with Gasteiger partial charge in [-0.15, -0.1) is 12.4 Å². The maximum Gasteiger partial charge on any atom is 0.269 e. The molecular formula is C19H22ClN3O3. The van der Waals surface area contributed by atoms with Crippen LogP contribution in [0.25, 0.3) is 0 Å². The highest BCUT2D eigenvalue weighted by Crippen LogP contribution is 2.31. The maximum atomic E-state index is 12.3. The molecule has 0 aromatic heterocycles. The summed E-state index contributed by atoms with van der Waals surface area (Å²) in [5, 5.41) is 13.9. The van der Waals surface area contributed by atoms with Crippen LogP contribution in [-0.4, -0.2) is 10.8 Å². The SMILES string of the molecule is Cl.Nc1ccc2c(c1)CCCC2NC(=O)CCc1cccc([N+](=O)[O-])c1. The van der Waals surface area contributed by atoms with Crippen molar-refractivity contribution in [2.24, 2.45) is 0 Å². The Balaban J connectivity index is 0.00000243. The van der Waals surface area contributed by atoms with Crippen molar-refractivity contribution in [2.45, 2.75) is 38.1 Å². The second-order valence-corrected chi connectivity index (χ2v) is 6.40. The number of nitrogens with one attached hydrogen (secondary N) is 1. The van der Waals surface area contributed by atoms with E-state index in [9.17, 15) is 14.9 Å². The Labute approximate surface area is 158 Å². The average Bonchev–Trinajstić information content (AvgIpc) is 2.60. The summed E-state index contributed by atoms with van der Waals surface area (Å²) in [6, 6.07) is 12.3. The summed E-state index contributed by atoms with van der Waals surface area (Å²) >= 11 is 0. The zero-order valence-electron chi connectivity index (χ0n) is 14.3. The number of nitro groups is 1. The van der Waals surface area contributed by atoms with Crippen LogP contribution in [0.5, 0.6) is 0 Å². The molecule has 0 aliphatic heterocycles. The van der Waals surface area contributed by atoms with Crippen molar-refractivity contribution in [3.05, 3.63) is 69.3 Å². The van der Waals surface area contributed by atoms with Crippen LogP contribution in [0.2, 0.25) is 0 Å². The molecule has 2 aromatic carbocycles. The van der Waals surface area contributed by atoms with Gasteiger partial charge in [-0.05, 0) is 54.5 Å². The third-order valence-corrected chi connectivity index (χ3v) is 4.58. The van der Waals surface area contributed by atoms with Gasteiger partial charge in [0.25, 0.3) is 5.69 Å². The van der Waals surface area contributed by atoms with E-state index < -0.39 is 4.92 Å². The molecule has 3 N–H and O–H groups in total. The predicted molar refractivity (Wildman–Crippen MR) is 103 cm³/mol. The molecule has 1 aliphatic carbocycles. The maximum absolute atomic E-state index is 12.3. The van der Waals surface area contributed by atoms with Gasteiger partial charge in [0.15, 0.2) is 0 Å². The molecule has 138 valence electrons. The minimum Gasteiger partial charge on any atom is -0.399 e. The summed E-state index contributed by atoms with van der Waals surface area (Å²) < 4.78 is 0. The molecule has 0 saturated heterocycles. The van der Waals surface area contributed by atoms with Gasteiger partial charge in [0.1, 0.15) is 0 Å². The van der Waals surface area contributed by atoms with Crippen molar-refractivity contribution in [3.8, 4) is 0 Å². The smallest absolute Gasteiger partial charge is 0.269 e. The van der Waals surface area contributed by atoms with Gasteiger partial charge in [-0.2, -0.15) is 0 Å². The summed E-state index contributed by atoms with van der Waals surface area (Å²) in [4.78, 5) is 22.7. The number of nitrogens with zero attached hydrogens (tertiary/aromatic N) is 1. The summed E-state index contributed by atoms with van der Waals surface area (Å²) in [5.74, 6) is -0.0406. The average molecular weight is 376 g/mol. The number of fused-ring (bicyclic) bond motifs is 1. The van der Waals surface area contributed by atoms with Crippen molar-refractivity contribution in [2.75, 3.05) is 5.73 Å². The van der Waals surface area contributed by atoms with E-state index in [1.165, 1.54) is 17.7 Å². The molecule has 0 saturated carbocycles. The van der Waals surface area contributed by atoms with Crippen molar-refractivity contribution < 1.29 is 9.72 Å². The predicted octanol–water partition coefficient (Wildman–Crippen LogP) is 3.73. The molecule has 7 heteroatoms. The quantitative estimate of drug-likeness (QED) is 0.472. The second-order valence-electron chi connectivity index (χ2n) is 6.40. The first-order chi connectivity index (χ1) is 12.0. The first-order valence-electron chi connectivity index (χ1n) is 8.44. The van der Waals surface area contributed by atoms with Crippen LogP contribution in [0.1, 0.15) is 42.0 Å². The number of nitrogens with two attached hydrogens (primary N) is 1. The van der Waals surface area contributed by atoms with Crippen LogP contribution < -0.4 is 11.1 Å². The number of amides is 1. The van der Waals surface area contributed by atoms with E-state index in [0.717, 1.165) is 36.1 Å². The Morgan fingerprint density at radius 3 is 2.85 bits per heavy atom. The van der Waals surface area contributed by atoms with E-state index in [0.29, 0.717) is 12.8 Å². The Morgan fingerprint density at radius 2 is 2.08 bits per heavy atom. The second kappa shape index (κ2) is 8.67. The molecule has 6 nitrogen and oxygen atoms in total. The summed E-state index contributed by atoms with van der Waals surface area (Å²) in [5.41, 5.74) is 9.78. The van der Waals surface area contributed by atoms with E-state index in [2.05, 4.69) is 5.32 Å². The Bertz CT molecular complexity index is 810. The number of anilines is 1. The van der Waals surface area contributed by atoms with Crippen LogP contribution in [0.15, 0.2) is 42.5 Å². The highest BCUT2D eigenvalue weighted by atomic mass is 35.5. The molecule has 26 heavy (non-hydrogen) atoms. The fourth-order valence-corrected chi connectivity index (χ4v) is 3.33. The number of nitrogen functional groups attached to an aromatic ring is 1. The van der Waals surface area contributed by atoms with E-state index in [1.54, 1.807) is 12.1 Å². The van der Waals surface area contributed by atoms with Crippen LogP contribution in [0.4, 0.5) is 11.4 Å². The molecule has 0 radical (unpaired) electrons. The topological polar surface area (TPSA) is 98.3 Å². The van der Waals surface area contributed by atoms with E-state index in [1.807, 2.05) is 18.2 Å². The van der Waals surface area contributed by atoms with E-state index in [4.69, 9.17) is 5.73 Å². The zero-order valence-corrected chi connectivity index (χ0v) is 15.1. The molecule has 0 bridgehead atoms. The highest BCUT2D eigenvalue weighted by molar-refractivity contribution is 5.85. The van der Waals surface area contributed by atoms with Gasteiger partial charge in [0.2, 0.25) is 5.91 Å².